The van der Waals surface area contributed by atoms with Crippen molar-refractivity contribution in [2.75, 3.05) is 5.32 Å². The van der Waals surface area contributed by atoms with Crippen LogP contribution in [0, 0.1) is 0 Å². The Balaban J connectivity index is 1.39. The second-order valence-corrected chi connectivity index (χ2v) is 8.28. The lowest BCUT2D eigenvalue weighted by molar-refractivity contribution is -0.136. The summed E-state index contributed by atoms with van der Waals surface area (Å²) in [6.45, 7) is 1.81. The van der Waals surface area contributed by atoms with E-state index in [0.29, 0.717) is 11.4 Å². The third kappa shape index (κ3) is 4.70. The zero-order valence-electron chi connectivity index (χ0n) is 18.9. The summed E-state index contributed by atoms with van der Waals surface area (Å²) in [5.74, 6) is -0.433. The summed E-state index contributed by atoms with van der Waals surface area (Å²) in [6.07, 6.45) is 0.415. The monoisotopic (exact) mass is 466 g/mol. The number of rotatable bonds is 6. The molecule has 1 atom stereocenters. The first-order valence-corrected chi connectivity index (χ1v) is 11.1. The van der Waals surface area contributed by atoms with Crippen LogP contribution in [0.15, 0.2) is 89.6 Å². The standard InChI is InChI=1S/C28H22N2O5/c1-17(19-5-3-2-4-6-19)34-28(33)30-25-16-29-35-27(25)22-10-12-24-21(15-22)9-8-20-13-18(14-26(31)32)7-11-23(20)24/h2-13,15-17H,14H2,1H3,(H,30,33)(H,31,32). The lowest BCUT2D eigenvalue weighted by atomic mass is 9.97. The van der Waals surface area contributed by atoms with Crippen molar-refractivity contribution in [1.82, 2.24) is 5.16 Å². The van der Waals surface area contributed by atoms with Gasteiger partial charge in [0, 0.05) is 5.56 Å². The van der Waals surface area contributed by atoms with Gasteiger partial charge >= 0.3 is 12.1 Å². The van der Waals surface area contributed by atoms with Crippen LogP contribution in [0.4, 0.5) is 10.5 Å². The molecular weight excluding hydrogens is 444 g/mol. The van der Waals surface area contributed by atoms with Crippen LogP contribution < -0.4 is 5.32 Å². The molecule has 0 aliphatic carbocycles. The van der Waals surface area contributed by atoms with E-state index in [9.17, 15) is 9.59 Å². The maximum absolute atomic E-state index is 12.5. The van der Waals surface area contributed by atoms with Crippen molar-refractivity contribution in [3.8, 4) is 11.3 Å². The number of amides is 1. The number of nitrogens with one attached hydrogen (secondary N) is 1. The predicted molar refractivity (Wildman–Crippen MR) is 133 cm³/mol. The van der Waals surface area contributed by atoms with Crippen molar-refractivity contribution in [1.29, 1.82) is 0 Å². The molecule has 1 aromatic heterocycles. The molecule has 174 valence electrons. The Labute approximate surface area is 200 Å². The molecule has 5 rings (SSSR count). The normalized spacial score (nSPS) is 11.9. The topological polar surface area (TPSA) is 102 Å². The van der Waals surface area contributed by atoms with Crippen LogP contribution in [-0.2, 0) is 16.0 Å². The number of fused-ring (bicyclic) bond motifs is 3. The van der Waals surface area contributed by atoms with E-state index in [2.05, 4.69) is 10.5 Å². The average Bonchev–Trinajstić information content (AvgIpc) is 3.31. The van der Waals surface area contributed by atoms with Crippen molar-refractivity contribution in [3.63, 3.8) is 0 Å². The molecular formula is C28H22N2O5. The molecule has 0 saturated carbocycles. The van der Waals surface area contributed by atoms with Gasteiger partial charge in [-0.25, -0.2) is 4.79 Å². The van der Waals surface area contributed by atoms with Crippen LogP contribution in [0.1, 0.15) is 24.2 Å². The van der Waals surface area contributed by atoms with Crippen LogP contribution >= 0.6 is 0 Å². The predicted octanol–water partition coefficient (Wildman–Crippen LogP) is 6.58. The van der Waals surface area contributed by atoms with Crippen LogP contribution in [0.3, 0.4) is 0 Å². The van der Waals surface area contributed by atoms with Crippen LogP contribution in [-0.4, -0.2) is 22.3 Å². The minimum atomic E-state index is -0.857. The van der Waals surface area contributed by atoms with E-state index >= 15 is 0 Å². The second-order valence-electron chi connectivity index (χ2n) is 8.28. The molecule has 0 bridgehead atoms. The fourth-order valence-electron chi connectivity index (χ4n) is 4.18. The van der Waals surface area contributed by atoms with E-state index in [1.54, 1.807) is 0 Å². The summed E-state index contributed by atoms with van der Waals surface area (Å²) in [5.41, 5.74) is 2.81. The summed E-state index contributed by atoms with van der Waals surface area (Å²) >= 11 is 0. The second kappa shape index (κ2) is 9.30. The molecule has 0 radical (unpaired) electrons. The third-order valence-electron chi connectivity index (χ3n) is 5.88. The Morgan fingerprint density at radius 3 is 2.43 bits per heavy atom. The minimum Gasteiger partial charge on any atom is -0.481 e. The maximum Gasteiger partial charge on any atom is 0.412 e. The summed E-state index contributed by atoms with van der Waals surface area (Å²) in [6, 6.07) is 25.0. The van der Waals surface area contributed by atoms with Crippen molar-refractivity contribution in [2.24, 2.45) is 0 Å². The van der Waals surface area contributed by atoms with Gasteiger partial charge in [0.15, 0.2) is 5.76 Å². The van der Waals surface area contributed by atoms with Gasteiger partial charge < -0.3 is 14.4 Å². The highest BCUT2D eigenvalue weighted by atomic mass is 16.6. The quantitative estimate of drug-likeness (QED) is 0.274. The van der Waals surface area contributed by atoms with Crippen molar-refractivity contribution < 1.29 is 24.0 Å². The first-order valence-electron chi connectivity index (χ1n) is 11.1. The van der Waals surface area contributed by atoms with Crippen LogP contribution in [0.5, 0.6) is 0 Å². The number of hydrogen-bond donors (Lipinski definition) is 2. The maximum atomic E-state index is 12.5. The SMILES string of the molecule is CC(OC(=O)Nc1cnoc1-c1ccc2c(ccc3cc(CC(=O)O)ccc32)c1)c1ccccc1. The number of benzene rings is 4. The number of carboxylic acids is 1. The van der Waals surface area contributed by atoms with Gasteiger partial charge in [0.25, 0.3) is 0 Å². The zero-order chi connectivity index (χ0) is 24.4. The molecule has 35 heavy (non-hydrogen) atoms. The molecule has 0 spiro atoms. The van der Waals surface area contributed by atoms with Crippen LogP contribution in [0.25, 0.3) is 32.9 Å². The van der Waals surface area contributed by atoms with Gasteiger partial charge in [0.2, 0.25) is 0 Å². The molecule has 1 amide bonds. The Bertz CT molecular complexity index is 1540. The lowest BCUT2D eigenvalue weighted by Gasteiger charge is -2.14. The number of carbonyl (C=O) groups is 2. The molecule has 2 N–H and O–H groups in total. The number of anilines is 1. The van der Waals surface area contributed by atoms with Gasteiger partial charge in [0.1, 0.15) is 11.8 Å². The van der Waals surface area contributed by atoms with Gasteiger partial charge in [-0.3, -0.25) is 10.1 Å². The number of carbonyl (C=O) groups excluding carboxylic acids is 1. The average molecular weight is 466 g/mol. The molecule has 0 aliphatic rings. The number of aromatic nitrogens is 1. The summed E-state index contributed by atoms with van der Waals surface area (Å²) < 4.78 is 11.0. The van der Waals surface area contributed by atoms with Gasteiger partial charge in [0.05, 0.1) is 12.6 Å². The van der Waals surface area contributed by atoms with Gasteiger partial charge in [-0.1, -0.05) is 78.0 Å². The molecule has 5 aromatic rings. The van der Waals surface area contributed by atoms with Crippen molar-refractivity contribution in [2.45, 2.75) is 19.4 Å². The zero-order valence-corrected chi connectivity index (χ0v) is 18.9. The van der Waals surface area contributed by atoms with E-state index in [1.807, 2.05) is 85.8 Å². The summed E-state index contributed by atoms with van der Waals surface area (Å²) in [5, 5.41) is 19.6. The van der Waals surface area contributed by atoms with E-state index in [-0.39, 0.29) is 6.42 Å². The highest BCUT2D eigenvalue weighted by molar-refractivity contribution is 6.08. The van der Waals surface area contributed by atoms with Crippen molar-refractivity contribution >= 4 is 39.3 Å². The Morgan fingerprint density at radius 2 is 1.69 bits per heavy atom. The highest BCUT2D eigenvalue weighted by Gasteiger charge is 2.17. The molecule has 7 heteroatoms. The lowest BCUT2D eigenvalue weighted by Crippen LogP contribution is -2.16. The number of hydrogen-bond acceptors (Lipinski definition) is 5. The molecule has 0 saturated heterocycles. The molecule has 7 nitrogen and oxygen atoms in total. The Morgan fingerprint density at radius 1 is 0.971 bits per heavy atom. The highest BCUT2D eigenvalue weighted by Crippen LogP contribution is 2.33. The number of carboxylic acid groups (broad SMARTS) is 1. The first-order chi connectivity index (χ1) is 17.0. The number of aliphatic carboxylic acids is 1. The smallest absolute Gasteiger partial charge is 0.412 e. The van der Waals surface area contributed by atoms with Gasteiger partial charge in [-0.15, -0.1) is 0 Å². The van der Waals surface area contributed by atoms with Crippen molar-refractivity contribution in [3.05, 3.63) is 96.2 Å². The Hall–Kier alpha value is -4.65. The summed E-state index contributed by atoms with van der Waals surface area (Å²) in [4.78, 5) is 23.5. The fraction of sp³-hybridized carbons (Fsp3) is 0.107. The molecule has 1 heterocycles. The molecule has 4 aromatic carbocycles. The van der Waals surface area contributed by atoms with Gasteiger partial charge in [-0.2, -0.15) is 0 Å². The van der Waals surface area contributed by atoms with E-state index < -0.39 is 18.2 Å². The van der Waals surface area contributed by atoms with E-state index in [4.69, 9.17) is 14.4 Å². The molecule has 0 aliphatic heterocycles. The minimum absolute atomic E-state index is 0.0131. The largest absolute Gasteiger partial charge is 0.481 e. The molecule has 1 unspecified atom stereocenters. The van der Waals surface area contributed by atoms with E-state index in [0.717, 1.165) is 38.2 Å². The Kier molecular flexibility index (Phi) is 5.89. The third-order valence-corrected chi connectivity index (χ3v) is 5.88. The van der Waals surface area contributed by atoms with E-state index in [1.165, 1.54) is 6.20 Å². The van der Waals surface area contributed by atoms with Crippen LogP contribution in [0.2, 0.25) is 0 Å². The molecule has 0 fully saturated rings. The first kappa shape index (κ1) is 22.2. The summed E-state index contributed by atoms with van der Waals surface area (Å²) in [7, 11) is 0. The number of ether oxygens (including phenoxy) is 1. The van der Waals surface area contributed by atoms with Gasteiger partial charge in [-0.05, 0) is 45.7 Å². The fourth-order valence-corrected chi connectivity index (χ4v) is 4.18. The number of nitrogens with zero attached hydrogens (tertiary/aromatic N) is 1.